The van der Waals surface area contributed by atoms with Crippen molar-refractivity contribution in [1.82, 2.24) is 0 Å². The largest absolute Gasteiger partial charge is 1.00 e. The summed E-state index contributed by atoms with van der Waals surface area (Å²) in [5.74, 6) is 0. The first-order valence-corrected chi connectivity index (χ1v) is 27.4. The molecule has 268 valence electrons. The Hall–Kier alpha value is -3.02. The van der Waals surface area contributed by atoms with E-state index in [1.807, 2.05) is 12.1 Å². The Kier molecular flexibility index (Phi) is 20.0. The summed E-state index contributed by atoms with van der Waals surface area (Å²) in [5.41, 5.74) is 11.0. The Labute approximate surface area is 359 Å². The summed E-state index contributed by atoms with van der Waals surface area (Å²) >= 11 is 4.54. The first kappa shape index (κ1) is 45.4. The van der Waals surface area contributed by atoms with E-state index in [0.29, 0.717) is 0 Å². The van der Waals surface area contributed by atoms with Crippen molar-refractivity contribution in [2.24, 2.45) is 0 Å². The van der Waals surface area contributed by atoms with E-state index in [-0.39, 0.29) is 37.2 Å². The van der Waals surface area contributed by atoms with Crippen LogP contribution in [0.15, 0.2) is 170 Å². The van der Waals surface area contributed by atoms with Crippen LogP contribution < -0.4 is 24.8 Å². The summed E-state index contributed by atoms with van der Waals surface area (Å²) in [5, 5.41) is 5.32. The van der Waals surface area contributed by atoms with Gasteiger partial charge < -0.3 is 24.8 Å². The molecule has 0 aliphatic heterocycles. The first-order valence-electron chi connectivity index (χ1n) is 17.7. The molecule has 2 aliphatic carbocycles. The summed E-state index contributed by atoms with van der Waals surface area (Å²) in [6.07, 6.45) is 2.34. The van der Waals surface area contributed by atoms with E-state index in [4.69, 9.17) is 0 Å². The average molecular weight is 844 g/mol. The predicted molar refractivity (Wildman–Crippen MR) is 221 cm³/mol. The van der Waals surface area contributed by atoms with Crippen molar-refractivity contribution >= 4 is 33.9 Å². The molecule has 10 rings (SSSR count). The Balaban J connectivity index is 0.000000181. The number of hydrogen-bond acceptors (Lipinski definition) is 0. The van der Waals surface area contributed by atoms with Crippen molar-refractivity contribution in [3.05, 3.63) is 204 Å². The summed E-state index contributed by atoms with van der Waals surface area (Å²) in [6, 6.07) is 65.6. The Bertz CT molecular complexity index is 2050. The normalized spacial score (nSPS) is 10.4. The number of fused-ring (bicyclic) bond motifs is 8. The Morgan fingerprint density at radius 3 is 1.17 bits per heavy atom. The van der Waals surface area contributed by atoms with Gasteiger partial charge in [0.05, 0.1) is 0 Å². The SMILES string of the molecule is C[Si](C)=[Ti+2].C[Si](C)=[Ti+2].[Cl-].[Cl-].[c-]1cccc2c1Cc1ccccc1-2.[c-]1cccc2c1Cc1ccccc1-2.c1ccc2[cH-]ccc2c1.c1ccc2[cH-]ccc2c1. The van der Waals surface area contributed by atoms with Crippen LogP contribution in [-0.2, 0) is 51.2 Å². The number of halogens is 2. The van der Waals surface area contributed by atoms with E-state index in [2.05, 4.69) is 234 Å². The molecule has 6 heteroatoms. The smallest absolute Gasteiger partial charge is 0.0253 e. The minimum atomic E-state index is 0. The number of rotatable bonds is 0. The van der Waals surface area contributed by atoms with E-state index in [1.54, 1.807) is 0 Å². The number of benzene rings is 6. The van der Waals surface area contributed by atoms with Gasteiger partial charge in [0.15, 0.2) is 0 Å². The fourth-order valence-corrected chi connectivity index (χ4v) is 6.14. The molecule has 0 radical (unpaired) electrons. The second kappa shape index (κ2) is 23.8. The van der Waals surface area contributed by atoms with Crippen molar-refractivity contribution in [3.63, 3.8) is 0 Å². The molecule has 0 saturated carbocycles. The zero-order valence-electron chi connectivity index (χ0n) is 31.3. The van der Waals surface area contributed by atoms with E-state index in [1.165, 1.54) is 66.1 Å². The fraction of sp³-hybridized carbons (Fsp3) is 0.125. The molecule has 0 aromatic heterocycles. The van der Waals surface area contributed by atoms with Gasteiger partial charge in [-0.2, -0.15) is 94.7 Å². The zero-order valence-corrected chi connectivity index (χ0v) is 38.0. The first-order chi connectivity index (χ1) is 25.3. The van der Waals surface area contributed by atoms with Crippen LogP contribution in [0, 0.1) is 12.1 Å². The predicted octanol–water partition coefficient (Wildman–Crippen LogP) is 6.81. The Morgan fingerprint density at radius 2 is 0.778 bits per heavy atom. The third-order valence-corrected chi connectivity index (χ3v) is 8.33. The van der Waals surface area contributed by atoms with Gasteiger partial charge in [-0.25, -0.2) is 0 Å². The molecule has 54 heavy (non-hydrogen) atoms. The molecule has 2 aliphatic rings. The van der Waals surface area contributed by atoms with Gasteiger partial charge in [0.2, 0.25) is 0 Å². The van der Waals surface area contributed by atoms with Gasteiger partial charge in [0.1, 0.15) is 0 Å². The monoisotopic (exact) mass is 842 g/mol. The van der Waals surface area contributed by atoms with Crippen LogP contribution in [0.25, 0.3) is 43.8 Å². The zero-order chi connectivity index (χ0) is 36.7. The fourth-order valence-electron chi connectivity index (χ4n) is 6.14. The van der Waals surface area contributed by atoms with Gasteiger partial charge in [0.25, 0.3) is 0 Å². The van der Waals surface area contributed by atoms with Gasteiger partial charge in [0, 0.05) is 0 Å². The molecule has 8 aromatic rings. The topological polar surface area (TPSA) is 0 Å². The standard InChI is InChI=1S/2C13H9.2C9H7.2C2H6Si.2ClH.2Ti/c2*1-3-7-12-10(5-1)9-11-6-2-4-8-13(11)12;2*1-2-5-9-7-3-6-8(9)4-1;2*1-3-2;;;;/h2*1-5,7-8H,9H2;2*1-7H;2*1-2H3;2*1H;;/q4*-1;;;;;2*+2/p-2. The maximum absolute atomic E-state index is 3.30. The molecular formula is C48H44Cl2Si2Ti2-2. The molecule has 0 spiro atoms. The van der Waals surface area contributed by atoms with Gasteiger partial charge >= 0.3 is 76.9 Å². The molecule has 0 fully saturated rings. The van der Waals surface area contributed by atoms with Gasteiger partial charge in [-0.3, -0.25) is 0 Å². The van der Waals surface area contributed by atoms with Crippen molar-refractivity contribution < 1.29 is 63.2 Å². The second-order valence-corrected chi connectivity index (χ2v) is 26.5. The van der Waals surface area contributed by atoms with Crippen LogP contribution in [-0.4, -0.2) is 12.4 Å². The van der Waals surface area contributed by atoms with Crippen LogP contribution >= 0.6 is 0 Å². The van der Waals surface area contributed by atoms with Crippen molar-refractivity contribution in [3.8, 4) is 22.3 Å². The van der Waals surface area contributed by atoms with Gasteiger partial charge in [-0.05, 0) is 12.8 Å². The van der Waals surface area contributed by atoms with Gasteiger partial charge in [-0.15, -0.1) is 70.4 Å². The van der Waals surface area contributed by atoms with Crippen molar-refractivity contribution in [2.75, 3.05) is 0 Å². The average Bonchev–Trinajstić information content (AvgIpc) is 3.96. The molecule has 0 bridgehead atoms. The van der Waals surface area contributed by atoms with E-state index < -0.39 is 0 Å². The molecule has 0 heterocycles. The molecular weight excluding hydrogens is 799 g/mol. The summed E-state index contributed by atoms with van der Waals surface area (Å²) < 4.78 is 0. The summed E-state index contributed by atoms with van der Waals surface area (Å²) in [6.45, 7) is 9.07. The minimum Gasteiger partial charge on any atom is -1.00 e. The van der Waals surface area contributed by atoms with E-state index in [9.17, 15) is 0 Å². The van der Waals surface area contributed by atoms with Crippen LogP contribution in [0.4, 0.5) is 0 Å². The summed E-state index contributed by atoms with van der Waals surface area (Å²) in [7, 11) is 0. The van der Waals surface area contributed by atoms with E-state index in [0.717, 1.165) is 12.8 Å². The summed E-state index contributed by atoms with van der Waals surface area (Å²) in [4.78, 5) is 0. The van der Waals surface area contributed by atoms with Crippen LogP contribution in [0.3, 0.4) is 0 Å². The van der Waals surface area contributed by atoms with Crippen molar-refractivity contribution in [2.45, 2.75) is 39.0 Å². The number of hydrogen-bond donors (Lipinski definition) is 0. The van der Waals surface area contributed by atoms with Crippen molar-refractivity contribution in [1.29, 1.82) is 0 Å². The molecule has 0 atom stereocenters. The third-order valence-electron chi connectivity index (χ3n) is 8.33. The van der Waals surface area contributed by atoms with E-state index >= 15 is 0 Å². The molecule has 0 amide bonds. The molecule has 0 N–H and O–H groups in total. The minimum absolute atomic E-state index is 0. The molecule has 8 aromatic carbocycles. The maximum Gasteiger partial charge on any atom is -0.0253 e. The molecule has 0 nitrogen and oxygen atoms in total. The van der Waals surface area contributed by atoms with Gasteiger partial charge in [-0.1, -0.05) is 82.9 Å². The molecule has 0 unspecified atom stereocenters. The quantitative estimate of drug-likeness (QED) is 0.116. The molecule has 0 saturated heterocycles. The van der Waals surface area contributed by atoms with Crippen LogP contribution in [0.2, 0.25) is 26.2 Å². The maximum atomic E-state index is 3.30. The second-order valence-electron chi connectivity index (χ2n) is 13.1. The van der Waals surface area contributed by atoms with Crippen LogP contribution in [0.1, 0.15) is 22.3 Å². The third kappa shape index (κ3) is 13.6. The Morgan fingerprint density at radius 1 is 0.444 bits per heavy atom. The van der Waals surface area contributed by atoms with Crippen LogP contribution in [0.5, 0.6) is 0 Å².